The lowest BCUT2D eigenvalue weighted by Crippen LogP contribution is -2.52. The smallest absolute Gasteiger partial charge is 0.0277 e. The maximum absolute atomic E-state index is 3.64. The second-order valence-corrected chi connectivity index (χ2v) is 6.01. The molecule has 0 radical (unpaired) electrons. The highest BCUT2D eigenvalue weighted by molar-refractivity contribution is 4.88. The molecule has 0 saturated carbocycles. The van der Waals surface area contributed by atoms with Crippen LogP contribution in [0.1, 0.15) is 59.3 Å². The Kier molecular flexibility index (Phi) is 6.37. The molecular weight excluding hydrogens is 196 g/mol. The normalized spacial score (nSPS) is 26.2. The van der Waals surface area contributed by atoms with Gasteiger partial charge >= 0.3 is 0 Å². The fourth-order valence-electron chi connectivity index (χ4n) is 2.44. The monoisotopic (exact) mass is 226 g/mol. The standard InChI is InChI=1S/C14H30N2/c1-13(2)8-4-6-10-15-12-14(3)9-5-7-11-16-14/h13,15-16H,4-12H2,1-3H3. The molecule has 0 aromatic rings. The molecule has 0 aromatic heterocycles. The van der Waals surface area contributed by atoms with Gasteiger partial charge in [-0.1, -0.05) is 33.1 Å². The molecule has 96 valence electrons. The van der Waals surface area contributed by atoms with Crippen LogP contribution in [0.2, 0.25) is 0 Å². The van der Waals surface area contributed by atoms with Gasteiger partial charge in [-0.2, -0.15) is 0 Å². The van der Waals surface area contributed by atoms with Crippen LogP contribution in [-0.2, 0) is 0 Å². The van der Waals surface area contributed by atoms with Crippen molar-refractivity contribution in [3.8, 4) is 0 Å². The molecule has 0 aromatic carbocycles. The molecule has 0 spiro atoms. The highest BCUT2D eigenvalue weighted by atomic mass is 15.0. The lowest BCUT2D eigenvalue weighted by molar-refractivity contribution is 0.266. The van der Waals surface area contributed by atoms with Crippen molar-refractivity contribution in [2.45, 2.75) is 64.8 Å². The van der Waals surface area contributed by atoms with Gasteiger partial charge < -0.3 is 10.6 Å². The predicted octanol–water partition coefficient (Wildman–Crippen LogP) is 2.93. The summed E-state index contributed by atoms with van der Waals surface area (Å²) in [5.74, 6) is 0.859. The molecule has 1 rings (SSSR count). The predicted molar refractivity (Wildman–Crippen MR) is 71.8 cm³/mol. The fraction of sp³-hybridized carbons (Fsp3) is 1.00. The van der Waals surface area contributed by atoms with Crippen LogP contribution in [0.3, 0.4) is 0 Å². The SMILES string of the molecule is CC(C)CCCCNCC1(C)CCCCN1. The van der Waals surface area contributed by atoms with Crippen LogP contribution in [-0.4, -0.2) is 25.2 Å². The number of rotatable bonds is 7. The summed E-state index contributed by atoms with van der Waals surface area (Å²) in [7, 11) is 0. The summed E-state index contributed by atoms with van der Waals surface area (Å²) in [5, 5.41) is 7.25. The third-order valence-electron chi connectivity index (χ3n) is 3.61. The van der Waals surface area contributed by atoms with Gasteiger partial charge in [-0.3, -0.25) is 0 Å². The molecule has 1 aliphatic heterocycles. The fourth-order valence-corrected chi connectivity index (χ4v) is 2.44. The van der Waals surface area contributed by atoms with Gasteiger partial charge in [-0.05, 0) is 45.2 Å². The largest absolute Gasteiger partial charge is 0.315 e. The zero-order valence-electron chi connectivity index (χ0n) is 11.4. The van der Waals surface area contributed by atoms with Gasteiger partial charge in [0.25, 0.3) is 0 Å². The van der Waals surface area contributed by atoms with Crippen molar-refractivity contribution in [3.63, 3.8) is 0 Å². The van der Waals surface area contributed by atoms with Crippen molar-refractivity contribution in [3.05, 3.63) is 0 Å². The molecule has 0 aliphatic carbocycles. The summed E-state index contributed by atoms with van der Waals surface area (Å²) in [5.41, 5.74) is 0.357. The molecule has 1 aliphatic rings. The van der Waals surface area contributed by atoms with Gasteiger partial charge in [-0.15, -0.1) is 0 Å². The number of unbranched alkanes of at least 4 members (excludes halogenated alkanes) is 1. The van der Waals surface area contributed by atoms with E-state index in [-0.39, 0.29) is 0 Å². The molecular formula is C14H30N2. The summed E-state index contributed by atoms with van der Waals surface area (Å²) in [6.07, 6.45) is 8.13. The summed E-state index contributed by atoms with van der Waals surface area (Å²) in [4.78, 5) is 0. The van der Waals surface area contributed by atoms with Crippen LogP contribution in [0.4, 0.5) is 0 Å². The average molecular weight is 226 g/mol. The average Bonchev–Trinajstić information content (AvgIpc) is 2.24. The van der Waals surface area contributed by atoms with E-state index in [4.69, 9.17) is 0 Å². The zero-order valence-corrected chi connectivity index (χ0v) is 11.4. The van der Waals surface area contributed by atoms with Gasteiger partial charge in [0.1, 0.15) is 0 Å². The van der Waals surface area contributed by atoms with Gasteiger partial charge in [0.2, 0.25) is 0 Å². The van der Waals surface area contributed by atoms with Crippen molar-refractivity contribution >= 4 is 0 Å². The third-order valence-corrected chi connectivity index (χ3v) is 3.61. The first-order chi connectivity index (χ1) is 7.62. The molecule has 1 saturated heterocycles. The van der Waals surface area contributed by atoms with Crippen molar-refractivity contribution in [2.24, 2.45) is 5.92 Å². The summed E-state index contributed by atoms with van der Waals surface area (Å²) >= 11 is 0. The molecule has 2 heteroatoms. The van der Waals surface area contributed by atoms with Gasteiger partial charge in [-0.25, -0.2) is 0 Å². The second kappa shape index (κ2) is 7.29. The molecule has 2 N–H and O–H groups in total. The lowest BCUT2D eigenvalue weighted by Gasteiger charge is -2.35. The van der Waals surface area contributed by atoms with Crippen molar-refractivity contribution in [1.82, 2.24) is 10.6 Å². The van der Waals surface area contributed by atoms with Crippen LogP contribution in [0, 0.1) is 5.92 Å². The van der Waals surface area contributed by atoms with E-state index in [1.54, 1.807) is 0 Å². The molecule has 0 amide bonds. The molecule has 16 heavy (non-hydrogen) atoms. The number of hydrogen-bond acceptors (Lipinski definition) is 2. The number of piperidine rings is 1. The van der Waals surface area contributed by atoms with Crippen molar-refractivity contribution < 1.29 is 0 Å². The maximum Gasteiger partial charge on any atom is 0.0277 e. The van der Waals surface area contributed by atoms with E-state index in [0.29, 0.717) is 5.54 Å². The number of nitrogens with one attached hydrogen (secondary N) is 2. The van der Waals surface area contributed by atoms with E-state index < -0.39 is 0 Å². The first-order valence-electron chi connectivity index (χ1n) is 7.08. The molecule has 1 heterocycles. The van der Waals surface area contributed by atoms with Crippen LogP contribution < -0.4 is 10.6 Å². The Balaban J connectivity index is 1.97. The zero-order chi connectivity index (χ0) is 11.9. The van der Waals surface area contributed by atoms with E-state index in [9.17, 15) is 0 Å². The topological polar surface area (TPSA) is 24.1 Å². The molecule has 0 bridgehead atoms. The highest BCUT2D eigenvalue weighted by Gasteiger charge is 2.24. The molecule has 1 atom stereocenters. The van der Waals surface area contributed by atoms with Crippen LogP contribution >= 0.6 is 0 Å². The molecule has 1 unspecified atom stereocenters. The Morgan fingerprint density at radius 3 is 2.69 bits per heavy atom. The third kappa shape index (κ3) is 5.86. The molecule has 1 fully saturated rings. The highest BCUT2D eigenvalue weighted by Crippen LogP contribution is 2.17. The Labute approximate surface area is 102 Å². The Morgan fingerprint density at radius 2 is 2.06 bits per heavy atom. The van der Waals surface area contributed by atoms with E-state index in [2.05, 4.69) is 31.4 Å². The summed E-state index contributed by atoms with van der Waals surface area (Å²) in [6, 6.07) is 0. The Hall–Kier alpha value is -0.0800. The van der Waals surface area contributed by atoms with E-state index in [0.717, 1.165) is 12.5 Å². The summed E-state index contributed by atoms with van der Waals surface area (Å²) < 4.78 is 0. The first-order valence-corrected chi connectivity index (χ1v) is 7.08. The van der Waals surface area contributed by atoms with Gasteiger partial charge in [0.15, 0.2) is 0 Å². The van der Waals surface area contributed by atoms with Gasteiger partial charge in [0.05, 0.1) is 0 Å². The second-order valence-electron chi connectivity index (χ2n) is 6.01. The summed E-state index contributed by atoms with van der Waals surface area (Å²) in [6.45, 7) is 10.5. The molecule has 2 nitrogen and oxygen atoms in total. The quantitative estimate of drug-likeness (QED) is 0.652. The Bertz CT molecular complexity index is 172. The minimum atomic E-state index is 0.357. The van der Waals surface area contributed by atoms with Crippen LogP contribution in [0.15, 0.2) is 0 Å². The van der Waals surface area contributed by atoms with E-state index in [1.807, 2.05) is 0 Å². The Morgan fingerprint density at radius 1 is 1.25 bits per heavy atom. The van der Waals surface area contributed by atoms with Crippen LogP contribution in [0.5, 0.6) is 0 Å². The van der Waals surface area contributed by atoms with Crippen molar-refractivity contribution in [1.29, 1.82) is 0 Å². The first kappa shape index (κ1) is 14.0. The van der Waals surface area contributed by atoms with Crippen LogP contribution in [0.25, 0.3) is 0 Å². The number of hydrogen-bond donors (Lipinski definition) is 2. The lowest BCUT2D eigenvalue weighted by atomic mass is 9.91. The maximum atomic E-state index is 3.64. The van der Waals surface area contributed by atoms with E-state index >= 15 is 0 Å². The minimum absolute atomic E-state index is 0.357. The van der Waals surface area contributed by atoms with Crippen molar-refractivity contribution in [2.75, 3.05) is 19.6 Å². The van der Waals surface area contributed by atoms with E-state index in [1.165, 1.54) is 51.6 Å². The van der Waals surface area contributed by atoms with Gasteiger partial charge in [0, 0.05) is 12.1 Å². The minimum Gasteiger partial charge on any atom is -0.315 e.